The third-order valence-electron chi connectivity index (χ3n) is 2.79. The van der Waals surface area contributed by atoms with Crippen LogP contribution in [0.25, 0.3) is 0 Å². The summed E-state index contributed by atoms with van der Waals surface area (Å²) in [5, 5.41) is 6.72. The van der Waals surface area contributed by atoms with Crippen LogP contribution in [0.2, 0.25) is 0 Å². The molecule has 2 aromatic rings. The van der Waals surface area contributed by atoms with Gasteiger partial charge in [-0.3, -0.25) is 9.59 Å². The number of nitrogens with one attached hydrogen (secondary N) is 1. The van der Waals surface area contributed by atoms with Crippen LogP contribution in [0.15, 0.2) is 39.7 Å². The van der Waals surface area contributed by atoms with Crippen molar-refractivity contribution in [3.63, 3.8) is 0 Å². The van der Waals surface area contributed by atoms with Gasteiger partial charge in [0.1, 0.15) is 11.5 Å². The minimum Gasteiger partial charge on any atom is -0.305 e. The van der Waals surface area contributed by atoms with Crippen LogP contribution in [0.5, 0.6) is 0 Å². The van der Waals surface area contributed by atoms with Gasteiger partial charge in [0, 0.05) is 23.3 Å². The van der Waals surface area contributed by atoms with Gasteiger partial charge in [-0.25, -0.2) is 9.67 Å². The van der Waals surface area contributed by atoms with Gasteiger partial charge >= 0.3 is 0 Å². The van der Waals surface area contributed by atoms with Gasteiger partial charge in [0.05, 0.1) is 0 Å². The summed E-state index contributed by atoms with van der Waals surface area (Å²) in [4.78, 5) is 27.8. The average molecular weight is 351 g/mol. The van der Waals surface area contributed by atoms with Crippen LogP contribution in [-0.4, -0.2) is 20.7 Å². The fourth-order valence-electron chi connectivity index (χ4n) is 1.67. The van der Waals surface area contributed by atoms with Crippen molar-refractivity contribution < 1.29 is 4.79 Å². The number of halogens is 1. The maximum Gasteiger partial charge on any atom is 0.277 e. The fourth-order valence-corrected chi connectivity index (χ4v) is 1.90. The summed E-state index contributed by atoms with van der Waals surface area (Å²) in [5.74, 6) is 0.0337. The Hall–Kier alpha value is -2.02. The first-order valence-electron chi connectivity index (χ1n) is 6.61. The molecule has 0 saturated carbocycles. The Balaban J connectivity index is 2.15. The number of pyridine rings is 1. The summed E-state index contributed by atoms with van der Waals surface area (Å²) in [6.45, 7) is 2.54. The van der Waals surface area contributed by atoms with Crippen LogP contribution in [0.4, 0.5) is 5.82 Å². The van der Waals surface area contributed by atoms with Crippen molar-refractivity contribution in [2.45, 2.75) is 26.3 Å². The van der Waals surface area contributed by atoms with Crippen molar-refractivity contribution in [3.05, 3.63) is 51.0 Å². The lowest BCUT2D eigenvalue weighted by Gasteiger charge is -2.07. The standard InChI is InChI=1S/C14H15BrN4O2/c1-2-3-8-19-13(20)7-5-11(18-19)14(21)17-12-6-4-10(15)9-16-12/h4-7,9H,2-3,8H2,1H3,(H,16,17,21). The van der Waals surface area contributed by atoms with E-state index in [1.165, 1.54) is 16.8 Å². The van der Waals surface area contributed by atoms with Crippen LogP contribution >= 0.6 is 15.9 Å². The number of nitrogens with zero attached hydrogens (tertiary/aromatic N) is 3. The first kappa shape index (κ1) is 15.4. The second kappa shape index (κ2) is 7.12. The van der Waals surface area contributed by atoms with E-state index in [2.05, 4.69) is 31.3 Å². The molecule has 2 rings (SSSR count). The van der Waals surface area contributed by atoms with E-state index in [0.29, 0.717) is 12.4 Å². The van der Waals surface area contributed by atoms with E-state index in [-0.39, 0.29) is 11.3 Å². The van der Waals surface area contributed by atoms with Gasteiger partial charge in [0.2, 0.25) is 0 Å². The molecule has 0 aromatic carbocycles. The van der Waals surface area contributed by atoms with Crippen molar-refractivity contribution in [2.24, 2.45) is 0 Å². The SMILES string of the molecule is CCCCn1nc(C(=O)Nc2ccc(Br)cn2)ccc1=O. The molecule has 6 nitrogen and oxygen atoms in total. The highest BCUT2D eigenvalue weighted by Gasteiger charge is 2.10. The molecular weight excluding hydrogens is 336 g/mol. The van der Waals surface area contributed by atoms with Gasteiger partial charge in [-0.2, -0.15) is 5.10 Å². The number of rotatable bonds is 5. The summed E-state index contributed by atoms with van der Waals surface area (Å²) >= 11 is 3.27. The molecule has 110 valence electrons. The zero-order valence-electron chi connectivity index (χ0n) is 11.5. The second-order valence-electron chi connectivity index (χ2n) is 4.45. The van der Waals surface area contributed by atoms with E-state index >= 15 is 0 Å². The van der Waals surface area contributed by atoms with E-state index in [1.54, 1.807) is 18.3 Å². The molecule has 0 aliphatic heterocycles. The molecule has 1 amide bonds. The van der Waals surface area contributed by atoms with Crippen LogP contribution in [0.1, 0.15) is 30.3 Å². The molecule has 0 aliphatic carbocycles. The quantitative estimate of drug-likeness (QED) is 0.898. The molecule has 2 aromatic heterocycles. The minimum absolute atomic E-state index is 0.190. The number of aryl methyl sites for hydroxylation is 1. The Kier molecular flexibility index (Phi) is 5.21. The Morgan fingerprint density at radius 3 is 2.81 bits per heavy atom. The molecule has 0 spiro atoms. The summed E-state index contributed by atoms with van der Waals surface area (Å²) in [7, 11) is 0. The van der Waals surface area contributed by atoms with E-state index in [1.807, 2.05) is 6.92 Å². The summed E-state index contributed by atoms with van der Waals surface area (Å²) in [6, 6.07) is 6.22. The molecule has 0 atom stereocenters. The normalized spacial score (nSPS) is 10.4. The number of unbranched alkanes of at least 4 members (excludes halogenated alkanes) is 1. The molecular formula is C14H15BrN4O2. The number of hydrogen-bond acceptors (Lipinski definition) is 4. The topological polar surface area (TPSA) is 76.9 Å². The van der Waals surface area contributed by atoms with Crippen molar-refractivity contribution in [3.8, 4) is 0 Å². The molecule has 0 aliphatic rings. The zero-order valence-corrected chi connectivity index (χ0v) is 13.1. The number of carbonyl (C=O) groups excluding carboxylic acids is 1. The van der Waals surface area contributed by atoms with Gasteiger partial charge in [-0.15, -0.1) is 0 Å². The van der Waals surface area contributed by atoms with Crippen LogP contribution in [-0.2, 0) is 6.54 Å². The molecule has 0 radical (unpaired) electrons. The largest absolute Gasteiger partial charge is 0.305 e. The molecule has 21 heavy (non-hydrogen) atoms. The lowest BCUT2D eigenvalue weighted by atomic mass is 10.3. The van der Waals surface area contributed by atoms with Crippen LogP contribution in [0.3, 0.4) is 0 Å². The highest BCUT2D eigenvalue weighted by Crippen LogP contribution is 2.11. The van der Waals surface area contributed by atoms with E-state index in [4.69, 9.17) is 0 Å². The third kappa shape index (κ3) is 4.22. The highest BCUT2D eigenvalue weighted by molar-refractivity contribution is 9.10. The smallest absolute Gasteiger partial charge is 0.277 e. The molecule has 0 unspecified atom stereocenters. The van der Waals surface area contributed by atoms with E-state index in [9.17, 15) is 9.59 Å². The number of carbonyl (C=O) groups is 1. The predicted molar refractivity (Wildman–Crippen MR) is 83.3 cm³/mol. The van der Waals surface area contributed by atoms with Gasteiger partial charge in [0.25, 0.3) is 11.5 Å². The second-order valence-corrected chi connectivity index (χ2v) is 5.36. The maximum absolute atomic E-state index is 12.1. The first-order valence-corrected chi connectivity index (χ1v) is 7.40. The maximum atomic E-state index is 12.1. The number of hydrogen-bond donors (Lipinski definition) is 1. The molecule has 1 N–H and O–H groups in total. The number of anilines is 1. The molecule has 7 heteroatoms. The lowest BCUT2D eigenvalue weighted by Crippen LogP contribution is -2.26. The molecule has 0 saturated heterocycles. The van der Waals surface area contributed by atoms with Gasteiger partial charge in [0.15, 0.2) is 0 Å². The summed E-state index contributed by atoms with van der Waals surface area (Å²) < 4.78 is 2.14. The van der Waals surface area contributed by atoms with Gasteiger partial charge in [-0.1, -0.05) is 13.3 Å². The first-order chi connectivity index (χ1) is 10.1. The van der Waals surface area contributed by atoms with E-state index < -0.39 is 5.91 Å². The summed E-state index contributed by atoms with van der Waals surface area (Å²) in [6.07, 6.45) is 3.38. The Morgan fingerprint density at radius 1 is 1.33 bits per heavy atom. The third-order valence-corrected chi connectivity index (χ3v) is 3.26. The number of amides is 1. The highest BCUT2D eigenvalue weighted by atomic mass is 79.9. The predicted octanol–water partition coefficient (Wildman–Crippen LogP) is 2.45. The van der Waals surface area contributed by atoms with Crippen LogP contribution in [0, 0.1) is 0 Å². The van der Waals surface area contributed by atoms with E-state index in [0.717, 1.165) is 17.3 Å². The zero-order chi connectivity index (χ0) is 15.2. The summed E-state index contributed by atoms with van der Waals surface area (Å²) in [5.41, 5.74) is -0.0165. The Morgan fingerprint density at radius 2 is 2.14 bits per heavy atom. The van der Waals surface area contributed by atoms with Crippen molar-refractivity contribution in [1.82, 2.24) is 14.8 Å². The lowest BCUT2D eigenvalue weighted by molar-refractivity contribution is 0.101. The Labute approximate surface area is 130 Å². The molecule has 0 bridgehead atoms. The Bertz CT molecular complexity index is 682. The van der Waals surface area contributed by atoms with Gasteiger partial charge in [-0.05, 0) is 40.5 Å². The minimum atomic E-state index is -0.393. The molecule has 2 heterocycles. The van der Waals surface area contributed by atoms with Crippen LogP contribution < -0.4 is 10.9 Å². The molecule has 0 fully saturated rings. The van der Waals surface area contributed by atoms with Gasteiger partial charge < -0.3 is 5.32 Å². The monoisotopic (exact) mass is 350 g/mol. The number of aromatic nitrogens is 3. The van der Waals surface area contributed by atoms with Crippen molar-refractivity contribution in [2.75, 3.05) is 5.32 Å². The van der Waals surface area contributed by atoms with Crippen molar-refractivity contribution in [1.29, 1.82) is 0 Å². The average Bonchev–Trinajstić information content (AvgIpc) is 2.48. The van der Waals surface area contributed by atoms with Crippen molar-refractivity contribution >= 4 is 27.7 Å². The fraction of sp³-hybridized carbons (Fsp3) is 0.286.